The molecule has 0 aromatic rings. The molecule has 0 rings (SSSR count). The number of nitrogens with one attached hydrogen (secondary N) is 1. The number of hydrogen-bond acceptors (Lipinski definition) is 6. The Morgan fingerprint density at radius 1 is 0.963 bits per heavy atom. The lowest BCUT2D eigenvalue weighted by Crippen LogP contribution is -2.38. The van der Waals surface area contributed by atoms with Gasteiger partial charge in [-0.1, -0.05) is 20.8 Å². The molecule has 0 heterocycles. The molecule has 27 heavy (non-hydrogen) atoms. The lowest BCUT2D eigenvalue weighted by molar-refractivity contribution is -0.173. The smallest absolute Gasteiger partial charge is 0.377 e. The Labute approximate surface area is 157 Å². The van der Waals surface area contributed by atoms with Crippen LogP contribution in [0.1, 0.15) is 20.8 Å². The van der Waals surface area contributed by atoms with Crippen LogP contribution in [0.5, 0.6) is 0 Å². The molecule has 9 nitrogen and oxygen atoms in total. The van der Waals surface area contributed by atoms with Gasteiger partial charge in [-0.15, -0.1) is 0 Å². The van der Waals surface area contributed by atoms with Gasteiger partial charge in [0.15, 0.2) is 0 Å². The topological polar surface area (TPSA) is 118 Å². The monoisotopic (exact) mass is 426 g/mol. The summed E-state index contributed by atoms with van der Waals surface area (Å²) < 4.78 is 59.2. The van der Waals surface area contributed by atoms with Gasteiger partial charge in [-0.05, 0) is 19.6 Å². The van der Waals surface area contributed by atoms with Crippen molar-refractivity contribution in [3.63, 3.8) is 0 Å². The van der Waals surface area contributed by atoms with Crippen molar-refractivity contribution in [3.05, 3.63) is 0 Å². The largest absolute Gasteiger partial charge is 0.471 e. The summed E-state index contributed by atoms with van der Waals surface area (Å²) in [5.41, 5.74) is 0. The van der Waals surface area contributed by atoms with Gasteiger partial charge < -0.3 is 29.5 Å². The maximum absolute atomic E-state index is 11.7. The van der Waals surface area contributed by atoms with E-state index >= 15 is 0 Å². The fourth-order valence-corrected chi connectivity index (χ4v) is 1.86. The highest BCUT2D eigenvalue weighted by molar-refractivity contribution is 7.46. The minimum atomic E-state index is -4.91. The van der Waals surface area contributed by atoms with E-state index in [2.05, 4.69) is 30.2 Å². The zero-order chi connectivity index (χ0) is 21.3. The van der Waals surface area contributed by atoms with Crippen molar-refractivity contribution in [3.8, 4) is 0 Å². The molecule has 164 valence electrons. The number of halogens is 3. The van der Waals surface area contributed by atoms with E-state index in [1.54, 1.807) is 5.32 Å². The second-order valence-electron chi connectivity index (χ2n) is 4.92. The van der Waals surface area contributed by atoms with E-state index in [1.165, 1.54) is 19.6 Å². The van der Waals surface area contributed by atoms with Crippen LogP contribution in [0.15, 0.2) is 0 Å². The number of phosphoric ester groups is 1. The Balaban J connectivity index is 0. The Morgan fingerprint density at radius 2 is 1.41 bits per heavy atom. The average Bonchev–Trinajstić information content (AvgIpc) is 2.56. The molecule has 0 aliphatic rings. The molecule has 0 aromatic carbocycles. The maximum atomic E-state index is 11.7. The Morgan fingerprint density at radius 3 is 1.78 bits per heavy atom. The fourth-order valence-electron chi connectivity index (χ4n) is 1.54. The number of phosphoric acid groups is 1. The van der Waals surface area contributed by atoms with Crippen molar-refractivity contribution in [2.45, 2.75) is 26.9 Å². The van der Waals surface area contributed by atoms with Gasteiger partial charge >= 0.3 is 19.9 Å². The summed E-state index contributed by atoms with van der Waals surface area (Å²) in [6.07, 6.45) is -4.91. The summed E-state index contributed by atoms with van der Waals surface area (Å²) in [5.74, 6) is -2.04. The van der Waals surface area contributed by atoms with E-state index in [0.717, 1.165) is 0 Å². The van der Waals surface area contributed by atoms with Crippen LogP contribution in [0, 0.1) is 0 Å². The van der Waals surface area contributed by atoms with Crippen molar-refractivity contribution in [2.75, 3.05) is 59.2 Å². The van der Waals surface area contributed by atoms with E-state index in [-0.39, 0.29) is 39.6 Å². The van der Waals surface area contributed by atoms with Gasteiger partial charge in [0.2, 0.25) is 0 Å². The number of ether oxygens (including phenoxy) is 2. The molecule has 0 unspecified atom stereocenters. The Hall–Kier alpha value is -0.750. The third-order valence-corrected chi connectivity index (χ3v) is 3.51. The van der Waals surface area contributed by atoms with E-state index in [0.29, 0.717) is 0 Å². The zero-order valence-corrected chi connectivity index (χ0v) is 16.7. The van der Waals surface area contributed by atoms with Crippen molar-refractivity contribution in [1.82, 2.24) is 10.2 Å². The van der Waals surface area contributed by atoms with Crippen molar-refractivity contribution in [2.24, 2.45) is 0 Å². The highest BCUT2D eigenvalue weighted by Gasteiger charge is 2.38. The number of hydrogen-bond donors (Lipinski definition) is 3. The van der Waals surface area contributed by atoms with Crippen LogP contribution in [0.4, 0.5) is 13.2 Å². The summed E-state index contributed by atoms with van der Waals surface area (Å²) in [5, 5.41) is 1.61. The molecule has 0 fully saturated rings. The summed E-state index contributed by atoms with van der Waals surface area (Å²) in [7, 11) is -4.50. The molecule has 0 radical (unpaired) electrons. The standard InChI is InChI=1S/C8H15F3NO7P.C6H15N/c9-8(10,11)7(13)12-1-2-17-3-4-18-5-6-19-20(14,15)16;1-4-7(5-2)6-3/h1-6H2,(H,12,13)(H2,14,15,16);4-6H2,1-3H3. The minimum Gasteiger partial charge on any atom is -0.377 e. The number of alkyl halides is 3. The number of amides is 1. The molecule has 0 aliphatic carbocycles. The van der Waals surface area contributed by atoms with Gasteiger partial charge in [-0.25, -0.2) is 4.57 Å². The Bertz CT molecular complexity index is 412. The normalized spacial score (nSPS) is 11.9. The first-order chi connectivity index (χ1) is 12.5. The lowest BCUT2D eigenvalue weighted by Gasteiger charge is -2.13. The molecule has 0 bridgehead atoms. The summed E-state index contributed by atoms with van der Waals surface area (Å²) in [6.45, 7) is 9.46. The maximum Gasteiger partial charge on any atom is 0.471 e. The molecule has 0 aromatic heterocycles. The average molecular weight is 426 g/mol. The van der Waals surface area contributed by atoms with E-state index < -0.39 is 19.9 Å². The highest BCUT2D eigenvalue weighted by atomic mass is 31.2. The van der Waals surface area contributed by atoms with Crippen molar-refractivity contribution in [1.29, 1.82) is 0 Å². The van der Waals surface area contributed by atoms with Gasteiger partial charge in [0.05, 0.1) is 33.0 Å². The number of nitrogens with zero attached hydrogens (tertiary/aromatic N) is 1. The third-order valence-electron chi connectivity index (χ3n) is 2.99. The Kier molecular flexibility index (Phi) is 17.1. The molecule has 0 saturated heterocycles. The number of rotatable bonds is 13. The van der Waals surface area contributed by atoms with Crippen LogP contribution >= 0.6 is 7.82 Å². The molecular weight excluding hydrogens is 396 g/mol. The SMILES string of the molecule is CCN(CC)CC.O=C(NCCOCCOCCOP(=O)(O)O)C(F)(F)F. The van der Waals surface area contributed by atoms with Crippen molar-refractivity contribution < 1.29 is 46.3 Å². The second-order valence-corrected chi connectivity index (χ2v) is 6.16. The molecule has 0 saturated carbocycles. The number of carbonyl (C=O) groups is 1. The van der Waals surface area contributed by atoms with Gasteiger partial charge in [0.1, 0.15) is 0 Å². The molecule has 13 heteroatoms. The molecule has 3 N–H and O–H groups in total. The zero-order valence-electron chi connectivity index (χ0n) is 15.8. The molecule has 0 aliphatic heterocycles. The first-order valence-corrected chi connectivity index (χ1v) is 9.93. The molecule has 0 spiro atoms. The first kappa shape index (κ1) is 28.5. The highest BCUT2D eigenvalue weighted by Crippen LogP contribution is 2.35. The summed E-state index contributed by atoms with van der Waals surface area (Å²) in [4.78, 5) is 29.4. The fraction of sp³-hybridized carbons (Fsp3) is 0.929. The number of carbonyl (C=O) groups excluding carboxylic acids is 1. The molecular formula is C14H30F3N2O7P. The van der Waals surface area contributed by atoms with E-state index in [4.69, 9.17) is 19.3 Å². The van der Waals surface area contributed by atoms with Crippen LogP contribution in [0.2, 0.25) is 0 Å². The quantitative estimate of drug-likeness (QED) is 0.297. The molecule has 0 atom stereocenters. The van der Waals surface area contributed by atoms with E-state index in [1.807, 2.05) is 0 Å². The van der Waals surface area contributed by atoms with Crippen molar-refractivity contribution >= 4 is 13.7 Å². The first-order valence-electron chi connectivity index (χ1n) is 8.40. The van der Waals surface area contributed by atoms with Crippen LogP contribution < -0.4 is 5.32 Å². The van der Waals surface area contributed by atoms with E-state index in [9.17, 15) is 22.5 Å². The van der Waals surface area contributed by atoms with Gasteiger partial charge in [0, 0.05) is 6.54 Å². The summed E-state index contributed by atoms with van der Waals surface area (Å²) >= 11 is 0. The van der Waals surface area contributed by atoms with Crippen LogP contribution in [0.3, 0.4) is 0 Å². The second kappa shape index (κ2) is 16.2. The predicted molar refractivity (Wildman–Crippen MR) is 92.2 cm³/mol. The molecule has 1 amide bonds. The van der Waals surface area contributed by atoms with Gasteiger partial charge in [0.25, 0.3) is 0 Å². The summed E-state index contributed by atoms with van der Waals surface area (Å²) in [6, 6.07) is 0. The third kappa shape index (κ3) is 21.4. The van der Waals surface area contributed by atoms with Gasteiger partial charge in [-0.3, -0.25) is 9.32 Å². The van der Waals surface area contributed by atoms with Crippen LogP contribution in [0.25, 0.3) is 0 Å². The minimum absolute atomic E-state index is 0.0534. The lowest BCUT2D eigenvalue weighted by atomic mass is 10.5. The van der Waals surface area contributed by atoms with Crippen LogP contribution in [-0.4, -0.2) is 86.0 Å². The van der Waals surface area contributed by atoms with Gasteiger partial charge in [-0.2, -0.15) is 13.2 Å². The predicted octanol–water partition coefficient (Wildman–Crippen LogP) is 1.16. The van der Waals surface area contributed by atoms with Crippen LogP contribution in [-0.2, 0) is 23.4 Å².